The molecule has 0 radical (unpaired) electrons. The Kier molecular flexibility index (Phi) is 10.1. The minimum atomic E-state index is -4.15. The van der Waals surface area contributed by atoms with Crippen LogP contribution in [-0.2, 0) is 26.2 Å². The van der Waals surface area contributed by atoms with Crippen molar-refractivity contribution in [3.8, 4) is 0 Å². The molecular weight excluding hydrogens is 578 g/mol. The normalized spacial score (nSPS) is 12.0. The summed E-state index contributed by atoms with van der Waals surface area (Å²) in [7, 11) is -4.15. The first kappa shape index (κ1) is 28.7. The number of carbonyl (C=O) groups is 2. The van der Waals surface area contributed by atoms with Gasteiger partial charge in [-0.1, -0.05) is 76.9 Å². The number of benzene rings is 3. The number of nitrogens with one attached hydrogen (secondary N) is 1. The molecule has 0 aliphatic heterocycles. The highest BCUT2D eigenvalue weighted by Crippen LogP contribution is 2.30. The fourth-order valence-corrected chi connectivity index (χ4v) is 5.89. The van der Waals surface area contributed by atoms with E-state index in [1.165, 1.54) is 17.0 Å². The Hall–Kier alpha value is -2.88. The zero-order chi connectivity index (χ0) is 27.0. The SMILES string of the molecule is CCCNC(=O)[C@H](C)N(Cc1cccc(Br)c1)C(=O)CN(c1ccccc1Cl)S(=O)(=O)c1ccccc1. The first-order chi connectivity index (χ1) is 17.6. The van der Waals surface area contributed by atoms with Crippen LogP contribution in [0.3, 0.4) is 0 Å². The van der Waals surface area contributed by atoms with Gasteiger partial charge in [0.1, 0.15) is 12.6 Å². The van der Waals surface area contributed by atoms with Crippen LogP contribution in [0, 0.1) is 0 Å². The van der Waals surface area contributed by atoms with E-state index in [1.54, 1.807) is 49.4 Å². The van der Waals surface area contributed by atoms with Crippen LogP contribution in [0.2, 0.25) is 5.02 Å². The van der Waals surface area contributed by atoms with E-state index < -0.39 is 28.5 Å². The molecule has 3 aromatic rings. The number of rotatable bonds is 11. The lowest BCUT2D eigenvalue weighted by molar-refractivity contribution is -0.139. The molecule has 37 heavy (non-hydrogen) atoms. The molecule has 2 amide bonds. The molecule has 10 heteroatoms. The van der Waals surface area contributed by atoms with E-state index in [9.17, 15) is 18.0 Å². The molecule has 7 nitrogen and oxygen atoms in total. The molecule has 0 spiro atoms. The van der Waals surface area contributed by atoms with Crippen LogP contribution >= 0.6 is 27.5 Å². The van der Waals surface area contributed by atoms with Gasteiger partial charge in [0.25, 0.3) is 10.0 Å². The smallest absolute Gasteiger partial charge is 0.264 e. The maximum Gasteiger partial charge on any atom is 0.264 e. The second kappa shape index (κ2) is 13.1. The minimum absolute atomic E-state index is 0.0231. The van der Waals surface area contributed by atoms with Crippen molar-refractivity contribution < 1.29 is 18.0 Å². The van der Waals surface area contributed by atoms with Crippen molar-refractivity contribution in [2.45, 2.75) is 37.8 Å². The second-order valence-corrected chi connectivity index (χ2v) is 11.6. The number of hydrogen-bond acceptors (Lipinski definition) is 4. The molecule has 1 N–H and O–H groups in total. The summed E-state index contributed by atoms with van der Waals surface area (Å²) in [5, 5.41) is 3.00. The van der Waals surface area contributed by atoms with Crippen molar-refractivity contribution in [1.82, 2.24) is 10.2 Å². The van der Waals surface area contributed by atoms with Crippen molar-refractivity contribution >= 4 is 55.1 Å². The number of sulfonamides is 1. The maximum absolute atomic E-state index is 13.8. The van der Waals surface area contributed by atoms with Crippen molar-refractivity contribution in [3.05, 3.63) is 93.9 Å². The summed E-state index contributed by atoms with van der Waals surface area (Å²) >= 11 is 9.83. The summed E-state index contributed by atoms with van der Waals surface area (Å²) < 4.78 is 29.2. The Balaban J connectivity index is 2.02. The van der Waals surface area contributed by atoms with Crippen LogP contribution in [0.4, 0.5) is 5.69 Å². The summed E-state index contributed by atoms with van der Waals surface area (Å²) in [6.45, 7) is 3.61. The number of nitrogens with zero attached hydrogens (tertiary/aromatic N) is 2. The minimum Gasteiger partial charge on any atom is -0.354 e. The van der Waals surface area contributed by atoms with Gasteiger partial charge in [0.2, 0.25) is 11.8 Å². The Morgan fingerprint density at radius 2 is 1.68 bits per heavy atom. The lowest BCUT2D eigenvalue weighted by Crippen LogP contribution is -2.51. The first-order valence-corrected chi connectivity index (χ1v) is 14.4. The molecular formula is C27H29BrClN3O4S. The average Bonchev–Trinajstić information content (AvgIpc) is 2.89. The zero-order valence-corrected chi connectivity index (χ0v) is 23.8. The fraction of sp³-hybridized carbons (Fsp3) is 0.259. The third-order valence-corrected chi connectivity index (χ3v) is 8.28. The van der Waals surface area contributed by atoms with Gasteiger partial charge in [-0.25, -0.2) is 8.42 Å². The van der Waals surface area contributed by atoms with Gasteiger partial charge in [-0.3, -0.25) is 13.9 Å². The standard InChI is InChI=1S/C27H29BrClN3O4S/c1-3-16-30-27(34)20(2)31(18-21-10-9-11-22(28)17-21)26(33)19-32(25-15-8-7-14-24(25)29)37(35,36)23-12-5-4-6-13-23/h4-15,17,20H,3,16,18-19H2,1-2H3,(H,30,34)/t20-/m0/s1. The summed E-state index contributed by atoms with van der Waals surface area (Å²) in [4.78, 5) is 28.1. The Labute approximate surface area is 231 Å². The van der Waals surface area contributed by atoms with Gasteiger partial charge in [-0.05, 0) is 55.3 Å². The predicted molar refractivity (Wildman–Crippen MR) is 150 cm³/mol. The number of para-hydroxylation sites is 1. The predicted octanol–water partition coefficient (Wildman–Crippen LogP) is 5.24. The number of carbonyl (C=O) groups excluding carboxylic acids is 2. The summed E-state index contributed by atoms with van der Waals surface area (Å²) in [5.41, 5.74) is 0.958. The quantitative estimate of drug-likeness (QED) is 0.323. The average molecular weight is 607 g/mol. The van der Waals surface area contributed by atoms with Crippen LogP contribution < -0.4 is 9.62 Å². The summed E-state index contributed by atoms with van der Waals surface area (Å²) in [5.74, 6) is -0.862. The molecule has 0 bridgehead atoms. The summed E-state index contributed by atoms with van der Waals surface area (Å²) in [6, 6.07) is 20.8. The van der Waals surface area contributed by atoms with E-state index in [4.69, 9.17) is 11.6 Å². The monoisotopic (exact) mass is 605 g/mol. The molecule has 3 aromatic carbocycles. The third-order valence-electron chi connectivity index (χ3n) is 5.69. The molecule has 0 saturated heterocycles. The highest BCUT2D eigenvalue weighted by atomic mass is 79.9. The highest BCUT2D eigenvalue weighted by Gasteiger charge is 2.33. The molecule has 0 aliphatic rings. The number of amides is 2. The number of hydrogen-bond donors (Lipinski definition) is 1. The molecule has 1 atom stereocenters. The number of anilines is 1. The van der Waals surface area contributed by atoms with E-state index in [0.717, 1.165) is 20.8 Å². The van der Waals surface area contributed by atoms with Gasteiger partial charge in [-0.15, -0.1) is 0 Å². The van der Waals surface area contributed by atoms with E-state index in [2.05, 4.69) is 21.2 Å². The van der Waals surface area contributed by atoms with Gasteiger partial charge in [0.05, 0.1) is 15.6 Å². The lowest BCUT2D eigenvalue weighted by Gasteiger charge is -2.32. The van der Waals surface area contributed by atoms with Crippen molar-refractivity contribution in [3.63, 3.8) is 0 Å². The molecule has 0 aromatic heterocycles. The second-order valence-electron chi connectivity index (χ2n) is 8.39. The van der Waals surface area contributed by atoms with Gasteiger partial charge in [-0.2, -0.15) is 0 Å². The zero-order valence-electron chi connectivity index (χ0n) is 20.6. The Morgan fingerprint density at radius 3 is 2.32 bits per heavy atom. The Bertz CT molecular complexity index is 1340. The number of halogens is 2. The molecule has 0 heterocycles. The summed E-state index contributed by atoms with van der Waals surface area (Å²) in [6.07, 6.45) is 0.744. The molecule has 0 unspecified atom stereocenters. The third kappa shape index (κ3) is 7.34. The molecule has 0 aliphatic carbocycles. The van der Waals surface area contributed by atoms with Crippen molar-refractivity contribution in [2.24, 2.45) is 0 Å². The van der Waals surface area contributed by atoms with Gasteiger partial charge < -0.3 is 10.2 Å². The lowest BCUT2D eigenvalue weighted by atomic mass is 10.1. The van der Waals surface area contributed by atoms with E-state index in [-0.39, 0.29) is 28.1 Å². The topological polar surface area (TPSA) is 86.8 Å². The first-order valence-electron chi connectivity index (χ1n) is 11.8. The molecule has 0 saturated carbocycles. The molecule has 3 rings (SSSR count). The van der Waals surface area contributed by atoms with Gasteiger partial charge in [0, 0.05) is 17.6 Å². The maximum atomic E-state index is 13.8. The highest BCUT2D eigenvalue weighted by molar-refractivity contribution is 9.10. The van der Waals surface area contributed by atoms with Crippen molar-refractivity contribution in [2.75, 3.05) is 17.4 Å². The van der Waals surface area contributed by atoms with Crippen LogP contribution in [-0.4, -0.2) is 44.3 Å². The van der Waals surface area contributed by atoms with Crippen LogP contribution in [0.15, 0.2) is 88.2 Å². The van der Waals surface area contributed by atoms with Crippen LogP contribution in [0.25, 0.3) is 0 Å². The van der Waals surface area contributed by atoms with Crippen molar-refractivity contribution in [1.29, 1.82) is 0 Å². The largest absolute Gasteiger partial charge is 0.354 e. The van der Waals surface area contributed by atoms with Gasteiger partial charge in [0.15, 0.2) is 0 Å². The molecule has 0 fully saturated rings. The van der Waals surface area contributed by atoms with E-state index in [1.807, 2.05) is 31.2 Å². The fourth-order valence-electron chi connectivity index (χ4n) is 3.70. The van der Waals surface area contributed by atoms with Gasteiger partial charge >= 0.3 is 0 Å². The Morgan fingerprint density at radius 1 is 1.00 bits per heavy atom. The van der Waals surface area contributed by atoms with E-state index in [0.29, 0.717) is 6.54 Å². The van der Waals surface area contributed by atoms with Crippen LogP contribution in [0.1, 0.15) is 25.8 Å². The van der Waals surface area contributed by atoms with E-state index >= 15 is 0 Å². The molecule has 196 valence electrons. The van der Waals surface area contributed by atoms with Crippen LogP contribution in [0.5, 0.6) is 0 Å².